The summed E-state index contributed by atoms with van der Waals surface area (Å²) in [6.07, 6.45) is -16.3. The lowest BCUT2D eigenvalue weighted by Gasteiger charge is -2.48. The molecule has 6 aromatic rings. The lowest BCUT2D eigenvalue weighted by molar-refractivity contribution is -0.334. The number of hydrogen-bond donors (Lipinski definition) is 20. The summed E-state index contributed by atoms with van der Waals surface area (Å²) in [5, 5.41) is 138. The van der Waals surface area contributed by atoms with E-state index in [4.69, 9.17) is 77.3 Å². The van der Waals surface area contributed by atoms with E-state index in [9.17, 15) is 65.4 Å². The highest BCUT2D eigenvalue weighted by Gasteiger charge is 2.53. The average Bonchev–Trinajstić information content (AvgIpc) is 0.762. The normalized spacial score (nSPS) is 29.5. The standard InChI is InChI=1S/C88H110Cl2N10O27/c1-9-10-11-12-13-14-25-119-48-20-15-42(16-21-48)37-94-88(7)36-64(121-41(5)78(88)110)126-76-73(108)72(107)61(38-101)124-86(76)127-75-59-30-46-31-60(75)123-58-24-19-45(29-52(58)90)74(125-63-35-87(6,92)77(109)40(4)120-63)70-84(116)98-68(85(117)118)50-32-47(102)33-56(104)65(50)49-27-43(17-22-55(49)103)66(81(113)100-70)97-82(114)67(46)96-80(112)54(34-62(91)105)95-83(115)69(99-79(111)53(93-8)26-39(2)3)71(106)44-18-23-57(122-59)51(89)28-44/h15-24,27-33,39-41,53-54,61,63-64,66-74,76-78,86,93-94,101-104,106-110H,9-14,25-26,34-38,92H2,1-8H3,(H2,91,105)(H,95,115)(H,96,112)(H,97,114)(H,98,116)(H,99,111)(H,100,113)(H,117,118). The molecule has 3 fully saturated rings. The van der Waals surface area contributed by atoms with E-state index < -0.39 is 261 Å². The first-order chi connectivity index (χ1) is 60.3. The van der Waals surface area contributed by atoms with E-state index in [1.165, 1.54) is 64.1 Å². The Bertz CT molecular complexity index is 5020. The van der Waals surface area contributed by atoms with Gasteiger partial charge in [-0.1, -0.05) is 106 Å². The summed E-state index contributed by atoms with van der Waals surface area (Å²) in [5.41, 5.74) is 7.84. The van der Waals surface area contributed by atoms with Crippen molar-refractivity contribution < 1.29 is 132 Å². The van der Waals surface area contributed by atoms with Crippen molar-refractivity contribution in [1.82, 2.24) is 42.5 Å². The summed E-state index contributed by atoms with van der Waals surface area (Å²) in [4.78, 5) is 121. The second-order valence-corrected chi connectivity index (χ2v) is 34.6. The van der Waals surface area contributed by atoms with Gasteiger partial charge in [0, 0.05) is 53.2 Å². The molecule has 6 aromatic carbocycles. The molecule has 127 heavy (non-hydrogen) atoms. The zero-order valence-electron chi connectivity index (χ0n) is 71.0. The fourth-order valence-corrected chi connectivity index (χ4v) is 16.9. The second-order valence-electron chi connectivity index (χ2n) is 33.8. The number of nitrogens with one attached hydrogen (secondary N) is 8. The third-order valence-electron chi connectivity index (χ3n) is 23.5. The van der Waals surface area contributed by atoms with Crippen molar-refractivity contribution in [2.24, 2.45) is 17.4 Å². The van der Waals surface area contributed by atoms with Crippen LogP contribution in [0.15, 0.2) is 103 Å². The molecule has 7 amide bonds. The van der Waals surface area contributed by atoms with Gasteiger partial charge in [-0.3, -0.25) is 33.6 Å². The van der Waals surface area contributed by atoms with Crippen LogP contribution < -0.4 is 72.9 Å². The van der Waals surface area contributed by atoms with Crippen LogP contribution in [0, 0.1) is 5.92 Å². The number of primary amides is 1. The van der Waals surface area contributed by atoms with Crippen molar-refractivity contribution in [1.29, 1.82) is 0 Å². The van der Waals surface area contributed by atoms with Gasteiger partial charge in [0.25, 0.3) is 0 Å². The number of fused-ring (bicyclic) bond motifs is 15. The van der Waals surface area contributed by atoms with Crippen LogP contribution in [-0.2, 0) is 68.6 Å². The molecular formula is C88H110Cl2N10O27. The van der Waals surface area contributed by atoms with Gasteiger partial charge in [0.2, 0.25) is 53.4 Å². The van der Waals surface area contributed by atoms with Crippen LogP contribution in [-0.4, -0.2) is 222 Å². The second kappa shape index (κ2) is 41.0. The summed E-state index contributed by atoms with van der Waals surface area (Å²) in [6.45, 7) is 11.8. The molecule has 8 aliphatic heterocycles. The Labute approximate surface area is 741 Å². The number of halogens is 2. The Balaban J connectivity index is 1.05. The Hall–Kier alpha value is -10.3. The van der Waals surface area contributed by atoms with Gasteiger partial charge in [-0.05, 0) is 148 Å². The number of benzene rings is 6. The quantitative estimate of drug-likeness (QED) is 0.0321. The minimum atomic E-state index is -2.39. The van der Waals surface area contributed by atoms with E-state index in [1.807, 2.05) is 38.1 Å². The molecule has 0 spiro atoms. The fraction of sp³-hybridized carbons (Fsp3) is 0.500. The summed E-state index contributed by atoms with van der Waals surface area (Å²) in [7, 11) is 1.48. The number of hydrogen-bond acceptors (Lipinski definition) is 29. The number of nitrogens with two attached hydrogens (primary N) is 2. The Morgan fingerprint density at radius 1 is 0.654 bits per heavy atom. The molecular weight excluding hydrogens is 1700 g/mol. The molecule has 8 aliphatic rings. The molecule has 11 bridgehead atoms. The minimum Gasteiger partial charge on any atom is -0.508 e. The number of rotatable bonds is 26. The maximum absolute atomic E-state index is 16.6. The van der Waals surface area contributed by atoms with E-state index in [2.05, 4.69) is 49.5 Å². The van der Waals surface area contributed by atoms with Crippen molar-refractivity contribution in [3.8, 4) is 62.9 Å². The number of carboxylic acids is 1. The average molecular weight is 1810 g/mol. The zero-order valence-corrected chi connectivity index (χ0v) is 72.5. The number of carbonyl (C=O) groups excluding carboxylic acids is 7. The molecule has 688 valence electrons. The predicted octanol–water partition coefficient (Wildman–Crippen LogP) is 4.91. The number of amides is 7. The minimum absolute atomic E-state index is 0.117. The Morgan fingerprint density at radius 2 is 1.27 bits per heavy atom. The number of aliphatic hydroxyl groups excluding tert-OH is 6. The SMILES string of the molecule is CCCCCCCCOc1ccc(CNC2(C)CC(OC3C(Oc4c5cc6cc4Oc4ccc(cc4Cl)C(OC4CC(C)(N)C(O)C(C)O4)C4NC(=O)C(NC(=O)C6NC(=O)C(CC(N)=O)NC(=O)C(NC(=O)C(CC(C)C)NC)C(O)c6ccc(c(Cl)c6)O5)c5ccc(O)c(c5)-c5c(O)cc(O)cc5C(C(=O)O)NC4=O)OC(CO)C(O)C3O)OC(C)C2O)cc1. The molecule has 8 heterocycles. The number of unbranched alkanes of at least 4 members (excludes halogenated alkanes) is 5. The molecule has 0 saturated carbocycles. The molecule has 22 unspecified atom stereocenters. The number of aromatic hydroxyl groups is 3. The molecule has 22 N–H and O–H groups in total. The van der Waals surface area contributed by atoms with Crippen LogP contribution in [0.1, 0.15) is 176 Å². The number of aliphatic hydroxyl groups is 6. The van der Waals surface area contributed by atoms with Crippen LogP contribution in [0.2, 0.25) is 10.0 Å². The number of aliphatic carboxylic acids is 1. The van der Waals surface area contributed by atoms with Crippen LogP contribution in [0.5, 0.6) is 51.7 Å². The summed E-state index contributed by atoms with van der Waals surface area (Å²) < 4.78 is 59.0. The Morgan fingerprint density at radius 3 is 1.90 bits per heavy atom. The Kier molecular flexibility index (Phi) is 30.9. The number of phenols is 3. The van der Waals surface area contributed by atoms with Crippen molar-refractivity contribution in [2.45, 2.75) is 252 Å². The summed E-state index contributed by atoms with van der Waals surface area (Å²) >= 11 is 14.7. The van der Waals surface area contributed by atoms with Crippen molar-refractivity contribution in [3.63, 3.8) is 0 Å². The predicted molar refractivity (Wildman–Crippen MR) is 454 cm³/mol. The lowest BCUT2D eigenvalue weighted by Crippen LogP contribution is -2.65. The highest BCUT2D eigenvalue weighted by atomic mass is 35.5. The van der Waals surface area contributed by atoms with Crippen molar-refractivity contribution >= 4 is 70.5 Å². The van der Waals surface area contributed by atoms with Gasteiger partial charge in [-0.15, -0.1) is 0 Å². The van der Waals surface area contributed by atoms with Gasteiger partial charge >= 0.3 is 5.97 Å². The third kappa shape index (κ3) is 22.2. The number of phenolic OH excluding ortho intramolecular Hbond substituents is 3. The number of ether oxygens (including phenoxy) is 9. The fourth-order valence-electron chi connectivity index (χ4n) is 16.5. The van der Waals surface area contributed by atoms with Crippen LogP contribution in [0.3, 0.4) is 0 Å². The highest BCUT2D eigenvalue weighted by Crippen LogP contribution is 2.51. The molecule has 39 heteroatoms. The first-order valence-electron chi connectivity index (χ1n) is 42.0. The van der Waals surface area contributed by atoms with Crippen molar-refractivity contribution in [3.05, 3.63) is 147 Å². The molecule has 22 atom stereocenters. The monoisotopic (exact) mass is 1810 g/mol. The van der Waals surface area contributed by atoms with Crippen LogP contribution in [0.4, 0.5) is 0 Å². The molecule has 37 nitrogen and oxygen atoms in total. The van der Waals surface area contributed by atoms with Gasteiger partial charge < -0.3 is 148 Å². The number of carboxylic acid groups (broad SMARTS) is 1. The van der Waals surface area contributed by atoms with Crippen LogP contribution >= 0.6 is 23.2 Å². The zero-order chi connectivity index (χ0) is 91.9. The maximum Gasteiger partial charge on any atom is 0.330 e. The number of likely N-dealkylation sites (N-methyl/N-ethyl adjacent to an activating group) is 1. The van der Waals surface area contributed by atoms with E-state index >= 15 is 24.0 Å². The van der Waals surface area contributed by atoms with E-state index in [-0.39, 0.29) is 59.2 Å². The third-order valence-corrected chi connectivity index (χ3v) is 24.1. The largest absolute Gasteiger partial charge is 0.508 e. The first kappa shape index (κ1) is 95.8. The van der Waals surface area contributed by atoms with E-state index in [1.54, 1.807) is 13.8 Å². The molecule has 0 radical (unpaired) electrons. The van der Waals surface area contributed by atoms with Gasteiger partial charge in [0.05, 0.1) is 60.1 Å². The van der Waals surface area contributed by atoms with Gasteiger partial charge in [0.1, 0.15) is 95.2 Å². The van der Waals surface area contributed by atoms with Gasteiger partial charge in [-0.2, -0.15) is 0 Å². The van der Waals surface area contributed by atoms with Crippen molar-refractivity contribution in [2.75, 3.05) is 20.3 Å². The maximum atomic E-state index is 16.6. The topological polar surface area (TPSA) is 570 Å². The molecule has 14 rings (SSSR count). The number of carbonyl (C=O) groups is 8. The highest BCUT2D eigenvalue weighted by molar-refractivity contribution is 6.32. The van der Waals surface area contributed by atoms with Gasteiger partial charge in [0.15, 0.2) is 36.2 Å². The smallest absolute Gasteiger partial charge is 0.330 e. The van der Waals surface area contributed by atoms with Crippen LogP contribution in [0.25, 0.3) is 11.1 Å². The summed E-state index contributed by atoms with van der Waals surface area (Å²) in [6, 6.07) is 7.09. The molecule has 0 aromatic heterocycles. The molecule has 0 aliphatic carbocycles. The first-order valence-corrected chi connectivity index (χ1v) is 42.8. The molecule has 3 saturated heterocycles. The van der Waals surface area contributed by atoms with E-state index in [0.29, 0.717) is 12.4 Å². The lowest BCUT2D eigenvalue weighted by atomic mass is 9.84. The van der Waals surface area contributed by atoms with E-state index in [0.717, 1.165) is 79.8 Å². The van der Waals surface area contributed by atoms with Gasteiger partial charge in [-0.25, -0.2) is 4.79 Å². The summed E-state index contributed by atoms with van der Waals surface area (Å²) in [5.74, 6) is -15.4.